The van der Waals surface area contributed by atoms with E-state index in [0.29, 0.717) is 36.4 Å². The topological polar surface area (TPSA) is 120 Å². The molecule has 4 rings (SSSR count). The van der Waals surface area contributed by atoms with E-state index in [1.54, 1.807) is 16.6 Å². The van der Waals surface area contributed by atoms with Crippen LogP contribution in [0.2, 0.25) is 0 Å². The number of anilines is 1. The minimum atomic E-state index is -3.50. The summed E-state index contributed by atoms with van der Waals surface area (Å²) in [6.07, 6.45) is 5.01. The highest BCUT2D eigenvalue weighted by Crippen LogP contribution is 2.22. The zero-order valence-electron chi connectivity index (χ0n) is 18.7. The summed E-state index contributed by atoms with van der Waals surface area (Å²) in [5.41, 5.74) is 3.99. The van der Waals surface area contributed by atoms with Gasteiger partial charge in [0, 0.05) is 36.6 Å². The number of carbonyl (C=O) groups excluding carboxylic acids is 1. The number of aromatic nitrogens is 3. The predicted molar refractivity (Wildman–Crippen MR) is 123 cm³/mol. The molecule has 0 spiro atoms. The van der Waals surface area contributed by atoms with E-state index in [4.69, 9.17) is 0 Å². The number of carbonyl (C=O) groups is 1. The summed E-state index contributed by atoms with van der Waals surface area (Å²) >= 11 is 0. The molecular weight excluding hydrogens is 440 g/mol. The van der Waals surface area contributed by atoms with Crippen molar-refractivity contribution in [2.24, 2.45) is 0 Å². The second kappa shape index (κ2) is 9.29. The van der Waals surface area contributed by atoms with Crippen molar-refractivity contribution in [3.63, 3.8) is 0 Å². The third kappa shape index (κ3) is 4.60. The maximum absolute atomic E-state index is 12.8. The molecule has 0 atom stereocenters. The Kier molecular flexibility index (Phi) is 6.44. The number of nitrogens with one attached hydrogen (secondary N) is 1. The summed E-state index contributed by atoms with van der Waals surface area (Å²) in [6.45, 7) is 4.85. The number of amides is 1. The van der Waals surface area contributed by atoms with E-state index in [1.165, 1.54) is 22.6 Å². The first-order valence-corrected chi connectivity index (χ1v) is 12.4. The van der Waals surface area contributed by atoms with E-state index in [9.17, 15) is 18.5 Å². The summed E-state index contributed by atoms with van der Waals surface area (Å²) in [5, 5.41) is 16.2. The largest absolute Gasteiger partial charge is 0.326 e. The maximum atomic E-state index is 12.8. The average Bonchev–Trinajstić information content (AvgIpc) is 3.23. The van der Waals surface area contributed by atoms with Gasteiger partial charge < -0.3 is 5.32 Å². The maximum Gasteiger partial charge on any atom is 0.243 e. The summed E-state index contributed by atoms with van der Waals surface area (Å²) in [4.78, 5) is 17.3. The normalized spacial score (nSPS) is 14.8. The van der Waals surface area contributed by atoms with E-state index >= 15 is 0 Å². The number of fused-ring (bicyclic) bond motifs is 1. The lowest BCUT2D eigenvalue weighted by Crippen LogP contribution is -2.35. The Morgan fingerprint density at radius 3 is 2.52 bits per heavy atom. The highest BCUT2D eigenvalue weighted by Gasteiger charge is 2.25. The summed E-state index contributed by atoms with van der Waals surface area (Å²) in [6, 6.07) is 8.39. The van der Waals surface area contributed by atoms with Gasteiger partial charge in [-0.25, -0.2) is 17.9 Å². The van der Waals surface area contributed by atoms with E-state index in [0.717, 1.165) is 36.2 Å². The second-order valence-electron chi connectivity index (χ2n) is 8.20. The lowest BCUT2D eigenvalue weighted by molar-refractivity contribution is -0.116. The fourth-order valence-corrected chi connectivity index (χ4v) is 5.70. The molecular formula is C23H26N6O3S. The van der Waals surface area contributed by atoms with E-state index < -0.39 is 10.0 Å². The third-order valence-corrected chi connectivity index (χ3v) is 7.93. The summed E-state index contributed by atoms with van der Waals surface area (Å²) in [5.74, 6) is -0.182. The monoisotopic (exact) mass is 466 g/mol. The minimum Gasteiger partial charge on any atom is -0.326 e. The Labute approximate surface area is 193 Å². The van der Waals surface area contributed by atoms with Gasteiger partial charge in [-0.1, -0.05) is 6.42 Å². The third-order valence-electron chi connectivity index (χ3n) is 6.02. The van der Waals surface area contributed by atoms with Crippen LogP contribution >= 0.6 is 0 Å². The van der Waals surface area contributed by atoms with Crippen molar-refractivity contribution in [3.8, 4) is 6.07 Å². The number of rotatable bonds is 6. The van der Waals surface area contributed by atoms with Gasteiger partial charge >= 0.3 is 0 Å². The Balaban J connectivity index is 1.41. The van der Waals surface area contributed by atoms with Crippen LogP contribution < -0.4 is 5.32 Å². The lowest BCUT2D eigenvalue weighted by atomic mass is 10.1. The fraction of sp³-hybridized carbons (Fsp3) is 0.391. The van der Waals surface area contributed by atoms with Crippen LogP contribution in [-0.2, 0) is 21.2 Å². The molecule has 2 aromatic heterocycles. The van der Waals surface area contributed by atoms with Gasteiger partial charge in [-0.15, -0.1) is 0 Å². The molecule has 1 saturated heterocycles. The van der Waals surface area contributed by atoms with Gasteiger partial charge in [-0.05, 0) is 62.9 Å². The van der Waals surface area contributed by atoms with Crippen LogP contribution in [0.1, 0.15) is 48.2 Å². The molecule has 1 aromatic carbocycles. The molecule has 9 nitrogen and oxygen atoms in total. The molecule has 0 saturated carbocycles. The number of piperidine rings is 1. The molecule has 3 heterocycles. The van der Waals surface area contributed by atoms with Crippen molar-refractivity contribution in [1.29, 1.82) is 5.26 Å². The van der Waals surface area contributed by atoms with Crippen LogP contribution in [0.3, 0.4) is 0 Å². The molecule has 1 aliphatic heterocycles. The second-order valence-corrected chi connectivity index (χ2v) is 10.1. The number of aryl methyl sites for hydroxylation is 2. The Bertz CT molecular complexity index is 1330. The highest BCUT2D eigenvalue weighted by molar-refractivity contribution is 7.89. The molecule has 1 N–H and O–H groups in total. The first-order chi connectivity index (χ1) is 15.8. The molecule has 10 heteroatoms. The average molecular weight is 467 g/mol. The lowest BCUT2D eigenvalue weighted by Gasteiger charge is -2.25. The zero-order chi connectivity index (χ0) is 23.6. The first-order valence-electron chi connectivity index (χ1n) is 10.9. The van der Waals surface area contributed by atoms with Crippen LogP contribution in [0, 0.1) is 25.2 Å². The number of sulfonamides is 1. The molecule has 0 radical (unpaired) electrons. The predicted octanol–water partition coefficient (Wildman–Crippen LogP) is 2.96. The van der Waals surface area contributed by atoms with Crippen LogP contribution in [0.5, 0.6) is 0 Å². The molecule has 0 bridgehead atoms. The van der Waals surface area contributed by atoms with E-state index in [1.807, 2.05) is 13.8 Å². The number of nitrogens with zero attached hydrogens (tertiary/aromatic N) is 5. The zero-order valence-corrected chi connectivity index (χ0v) is 19.5. The van der Waals surface area contributed by atoms with Gasteiger partial charge in [0.25, 0.3) is 0 Å². The van der Waals surface area contributed by atoms with Gasteiger partial charge in [-0.2, -0.15) is 14.7 Å². The summed E-state index contributed by atoms with van der Waals surface area (Å²) in [7, 11) is -3.50. The molecule has 3 aromatic rings. The van der Waals surface area contributed by atoms with Crippen molar-refractivity contribution >= 4 is 27.3 Å². The smallest absolute Gasteiger partial charge is 0.243 e. The van der Waals surface area contributed by atoms with Gasteiger partial charge in [0.2, 0.25) is 15.9 Å². The molecule has 0 aliphatic carbocycles. The van der Waals surface area contributed by atoms with E-state index in [-0.39, 0.29) is 17.2 Å². The SMILES string of the molecule is Cc1nc2c(C#N)cnn2c(C)c1CCC(=O)Nc1ccc(S(=O)(=O)N2CCCCC2)cc1. The standard InChI is InChI=1S/C23H26N6O3S/c1-16-21(17(2)29-23(26-16)18(14-24)15-25-29)10-11-22(30)27-19-6-8-20(9-7-19)33(31,32)28-12-4-3-5-13-28/h6-9,15H,3-5,10-13H2,1-2H3,(H,27,30). The van der Waals surface area contributed by atoms with Gasteiger partial charge in [0.1, 0.15) is 11.6 Å². The fourth-order valence-electron chi connectivity index (χ4n) is 4.18. The van der Waals surface area contributed by atoms with E-state index in [2.05, 4.69) is 21.5 Å². The Morgan fingerprint density at radius 2 is 1.85 bits per heavy atom. The van der Waals surface area contributed by atoms with Crippen LogP contribution in [0.4, 0.5) is 5.69 Å². The van der Waals surface area contributed by atoms with Gasteiger partial charge in [0.05, 0.1) is 11.1 Å². The first kappa shape index (κ1) is 22.9. The van der Waals surface area contributed by atoms with Crippen molar-refractivity contribution in [3.05, 3.63) is 53.0 Å². The molecule has 33 heavy (non-hydrogen) atoms. The van der Waals surface area contributed by atoms with Crippen molar-refractivity contribution < 1.29 is 13.2 Å². The molecule has 0 unspecified atom stereocenters. The molecule has 172 valence electrons. The number of benzene rings is 1. The minimum absolute atomic E-state index is 0.182. The number of nitriles is 1. The molecule has 1 amide bonds. The van der Waals surface area contributed by atoms with Gasteiger partial charge in [-0.3, -0.25) is 4.79 Å². The van der Waals surface area contributed by atoms with Crippen molar-refractivity contribution in [2.45, 2.75) is 50.8 Å². The van der Waals surface area contributed by atoms with Crippen molar-refractivity contribution in [1.82, 2.24) is 18.9 Å². The number of hydrogen-bond acceptors (Lipinski definition) is 6. The van der Waals surface area contributed by atoms with Crippen LogP contribution in [-0.4, -0.2) is 46.3 Å². The number of hydrogen-bond donors (Lipinski definition) is 1. The molecule has 1 aliphatic rings. The Hall–Kier alpha value is -3.29. The Morgan fingerprint density at radius 1 is 1.15 bits per heavy atom. The van der Waals surface area contributed by atoms with Crippen LogP contribution in [0.25, 0.3) is 5.65 Å². The molecule has 1 fully saturated rings. The summed E-state index contributed by atoms with van der Waals surface area (Å²) < 4.78 is 28.7. The van der Waals surface area contributed by atoms with Crippen LogP contribution in [0.15, 0.2) is 35.4 Å². The van der Waals surface area contributed by atoms with Gasteiger partial charge in [0.15, 0.2) is 5.65 Å². The highest BCUT2D eigenvalue weighted by atomic mass is 32.2. The quantitative estimate of drug-likeness (QED) is 0.596. The van der Waals surface area contributed by atoms with Crippen molar-refractivity contribution in [2.75, 3.05) is 18.4 Å².